The molecule has 0 aliphatic heterocycles. The topological polar surface area (TPSA) is 26.3 Å². The molecule has 0 amide bonds. The van der Waals surface area contributed by atoms with Crippen molar-refractivity contribution in [3.63, 3.8) is 0 Å². The van der Waals surface area contributed by atoms with Gasteiger partial charge in [0.15, 0.2) is 0 Å². The SMILES string of the molecule is CC(C)CCCC(C)CCCC(C)CCOc1ccc(C=O)cc1. The maximum Gasteiger partial charge on any atom is 0.150 e. The fraction of sp³-hybridized carbons (Fsp3) is 0.682. The number of aldehydes is 1. The maximum atomic E-state index is 10.6. The summed E-state index contributed by atoms with van der Waals surface area (Å²) in [5.41, 5.74) is 0.693. The minimum Gasteiger partial charge on any atom is -0.494 e. The van der Waals surface area contributed by atoms with E-state index in [0.29, 0.717) is 11.5 Å². The predicted octanol–water partition coefficient (Wildman–Crippen LogP) is 6.54. The summed E-state index contributed by atoms with van der Waals surface area (Å²) in [4.78, 5) is 10.6. The molecule has 0 radical (unpaired) electrons. The molecule has 2 nitrogen and oxygen atoms in total. The molecule has 0 bridgehead atoms. The lowest BCUT2D eigenvalue weighted by atomic mass is 9.93. The number of carbonyl (C=O) groups excluding carboxylic acids is 1. The zero-order valence-corrected chi connectivity index (χ0v) is 16.1. The van der Waals surface area contributed by atoms with Crippen LogP contribution in [0, 0.1) is 17.8 Å². The van der Waals surface area contributed by atoms with Crippen molar-refractivity contribution in [2.45, 2.75) is 72.6 Å². The van der Waals surface area contributed by atoms with Crippen molar-refractivity contribution in [3.8, 4) is 5.75 Å². The second-order valence-corrected chi connectivity index (χ2v) is 7.79. The Labute approximate surface area is 149 Å². The number of hydrogen-bond donors (Lipinski definition) is 0. The molecule has 0 aliphatic rings. The van der Waals surface area contributed by atoms with E-state index in [1.165, 1.54) is 38.5 Å². The van der Waals surface area contributed by atoms with Crippen LogP contribution in [0.3, 0.4) is 0 Å². The van der Waals surface area contributed by atoms with Gasteiger partial charge in [0.2, 0.25) is 0 Å². The van der Waals surface area contributed by atoms with Crippen LogP contribution in [0.15, 0.2) is 24.3 Å². The molecule has 1 aromatic carbocycles. The third kappa shape index (κ3) is 9.75. The van der Waals surface area contributed by atoms with Gasteiger partial charge in [-0.2, -0.15) is 0 Å². The van der Waals surface area contributed by atoms with E-state index in [4.69, 9.17) is 4.74 Å². The van der Waals surface area contributed by atoms with Crippen LogP contribution in [-0.4, -0.2) is 12.9 Å². The largest absolute Gasteiger partial charge is 0.494 e. The number of benzene rings is 1. The van der Waals surface area contributed by atoms with Crippen molar-refractivity contribution in [2.75, 3.05) is 6.61 Å². The van der Waals surface area contributed by atoms with Crippen molar-refractivity contribution in [1.82, 2.24) is 0 Å². The average molecular weight is 333 g/mol. The number of rotatable bonds is 13. The Balaban J connectivity index is 2.06. The van der Waals surface area contributed by atoms with E-state index in [2.05, 4.69) is 27.7 Å². The van der Waals surface area contributed by atoms with E-state index in [1.807, 2.05) is 12.1 Å². The minimum absolute atomic E-state index is 0.693. The first kappa shape index (κ1) is 20.7. The highest BCUT2D eigenvalue weighted by Gasteiger charge is 2.07. The molecule has 0 saturated carbocycles. The zero-order chi connectivity index (χ0) is 17.8. The number of ether oxygens (including phenoxy) is 1. The van der Waals surface area contributed by atoms with Crippen LogP contribution >= 0.6 is 0 Å². The molecule has 0 N–H and O–H groups in total. The summed E-state index contributed by atoms with van der Waals surface area (Å²) < 4.78 is 5.76. The van der Waals surface area contributed by atoms with Gasteiger partial charge in [-0.3, -0.25) is 4.79 Å². The fourth-order valence-electron chi connectivity index (χ4n) is 3.00. The van der Waals surface area contributed by atoms with Crippen molar-refractivity contribution in [2.24, 2.45) is 17.8 Å². The van der Waals surface area contributed by atoms with Crippen molar-refractivity contribution in [3.05, 3.63) is 29.8 Å². The van der Waals surface area contributed by atoms with E-state index in [-0.39, 0.29) is 0 Å². The standard InChI is InChI=1S/C22H36O2/c1-18(2)7-5-8-19(3)9-6-10-20(4)15-16-24-22-13-11-21(17-23)12-14-22/h11-14,17-20H,5-10,15-16H2,1-4H3. The summed E-state index contributed by atoms with van der Waals surface area (Å²) in [6, 6.07) is 7.33. The highest BCUT2D eigenvalue weighted by Crippen LogP contribution is 2.20. The van der Waals surface area contributed by atoms with E-state index in [9.17, 15) is 4.79 Å². The third-order valence-corrected chi connectivity index (χ3v) is 4.77. The molecular formula is C22H36O2. The molecule has 1 rings (SSSR count). The molecule has 2 heteroatoms. The van der Waals surface area contributed by atoms with Gasteiger partial charge in [0.05, 0.1) is 6.61 Å². The van der Waals surface area contributed by atoms with Crippen LogP contribution in [0.5, 0.6) is 5.75 Å². The molecule has 1 aromatic rings. The van der Waals surface area contributed by atoms with Gasteiger partial charge in [-0.25, -0.2) is 0 Å². The van der Waals surface area contributed by atoms with Crippen LogP contribution in [0.25, 0.3) is 0 Å². The van der Waals surface area contributed by atoms with Gasteiger partial charge in [0.1, 0.15) is 12.0 Å². The summed E-state index contributed by atoms with van der Waals surface area (Å²) in [5, 5.41) is 0. The average Bonchev–Trinajstić information content (AvgIpc) is 2.55. The molecule has 0 saturated heterocycles. The van der Waals surface area contributed by atoms with Gasteiger partial charge in [-0.05, 0) is 48.4 Å². The zero-order valence-electron chi connectivity index (χ0n) is 16.1. The van der Waals surface area contributed by atoms with Crippen LogP contribution in [-0.2, 0) is 0 Å². The molecule has 0 spiro atoms. The van der Waals surface area contributed by atoms with E-state index < -0.39 is 0 Å². The Bertz CT molecular complexity index is 436. The van der Waals surface area contributed by atoms with Gasteiger partial charge < -0.3 is 4.74 Å². The highest BCUT2D eigenvalue weighted by molar-refractivity contribution is 5.74. The molecule has 2 unspecified atom stereocenters. The Morgan fingerprint density at radius 1 is 0.833 bits per heavy atom. The van der Waals surface area contributed by atoms with E-state index >= 15 is 0 Å². The first-order valence-electron chi connectivity index (χ1n) is 9.69. The lowest BCUT2D eigenvalue weighted by molar-refractivity contribution is 0.112. The Morgan fingerprint density at radius 3 is 1.92 bits per heavy atom. The lowest BCUT2D eigenvalue weighted by Crippen LogP contribution is -2.05. The Morgan fingerprint density at radius 2 is 1.38 bits per heavy atom. The van der Waals surface area contributed by atoms with Crippen LogP contribution in [0.1, 0.15) is 83.0 Å². The lowest BCUT2D eigenvalue weighted by Gasteiger charge is -2.15. The molecule has 136 valence electrons. The summed E-state index contributed by atoms with van der Waals surface area (Å²) in [5.74, 6) is 3.27. The molecule has 0 heterocycles. The van der Waals surface area contributed by atoms with Gasteiger partial charge >= 0.3 is 0 Å². The second kappa shape index (κ2) is 12.1. The summed E-state index contributed by atoms with van der Waals surface area (Å²) in [7, 11) is 0. The van der Waals surface area contributed by atoms with Gasteiger partial charge in [-0.1, -0.05) is 66.2 Å². The van der Waals surface area contributed by atoms with Crippen LogP contribution in [0.2, 0.25) is 0 Å². The maximum absolute atomic E-state index is 10.6. The fourth-order valence-corrected chi connectivity index (χ4v) is 3.00. The number of hydrogen-bond acceptors (Lipinski definition) is 2. The van der Waals surface area contributed by atoms with Crippen molar-refractivity contribution in [1.29, 1.82) is 0 Å². The monoisotopic (exact) mass is 332 g/mol. The predicted molar refractivity (Wildman–Crippen MR) is 103 cm³/mol. The van der Waals surface area contributed by atoms with Gasteiger partial charge in [0.25, 0.3) is 0 Å². The van der Waals surface area contributed by atoms with E-state index in [0.717, 1.165) is 36.9 Å². The molecule has 24 heavy (non-hydrogen) atoms. The summed E-state index contributed by atoms with van der Waals surface area (Å²) >= 11 is 0. The molecular weight excluding hydrogens is 296 g/mol. The van der Waals surface area contributed by atoms with E-state index in [1.54, 1.807) is 12.1 Å². The van der Waals surface area contributed by atoms with Gasteiger partial charge in [-0.15, -0.1) is 0 Å². The van der Waals surface area contributed by atoms with Crippen molar-refractivity contribution < 1.29 is 9.53 Å². The highest BCUT2D eigenvalue weighted by atomic mass is 16.5. The molecule has 0 aromatic heterocycles. The quantitative estimate of drug-likeness (QED) is 0.383. The summed E-state index contributed by atoms with van der Waals surface area (Å²) in [6.07, 6.45) is 10.1. The molecule has 0 aliphatic carbocycles. The number of carbonyl (C=O) groups is 1. The Hall–Kier alpha value is -1.31. The van der Waals surface area contributed by atoms with Crippen LogP contribution in [0.4, 0.5) is 0 Å². The summed E-state index contributed by atoms with van der Waals surface area (Å²) in [6.45, 7) is 10.1. The smallest absolute Gasteiger partial charge is 0.150 e. The Kier molecular flexibility index (Phi) is 10.5. The van der Waals surface area contributed by atoms with Crippen LogP contribution < -0.4 is 4.74 Å². The van der Waals surface area contributed by atoms with Crippen molar-refractivity contribution >= 4 is 6.29 Å². The normalized spacial score (nSPS) is 13.7. The third-order valence-electron chi connectivity index (χ3n) is 4.77. The van der Waals surface area contributed by atoms with Gasteiger partial charge in [0, 0.05) is 5.56 Å². The minimum atomic E-state index is 0.693. The molecule has 2 atom stereocenters. The second-order valence-electron chi connectivity index (χ2n) is 7.79. The first-order valence-corrected chi connectivity index (χ1v) is 9.69. The first-order chi connectivity index (χ1) is 11.5. The molecule has 0 fully saturated rings.